The Morgan fingerprint density at radius 2 is 1.49 bits per heavy atom. The van der Waals surface area contributed by atoms with Gasteiger partial charge in [-0.25, -0.2) is 0 Å². The van der Waals surface area contributed by atoms with Crippen molar-refractivity contribution in [3.05, 3.63) is 71.8 Å². The fraction of sp³-hybridized carbons (Fsp3) is 0.620. The second-order valence-corrected chi connectivity index (χ2v) is 20.1. The smallest absolute Gasteiger partial charge is 0.303 e. The fourth-order valence-corrected chi connectivity index (χ4v) is 10.0. The topological polar surface area (TPSA) is 212 Å². The van der Waals surface area contributed by atoms with Crippen LogP contribution in [-0.2, 0) is 50.0 Å². The van der Waals surface area contributed by atoms with E-state index in [-0.39, 0.29) is 47.3 Å². The molecule has 16 nitrogen and oxygen atoms in total. The number of likely N-dealkylation sites (tertiary alicyclic amines) is 1. The summed E-state index contributed by atoms with van der Waals surface area (Å²) in [7, 11) is 2.34. The average molecular weight is 956 g/mol. The summed E-state index contributed by atoms with van der Waals surface area (Å²) in [6, 6.07) is 12.7. The van der Waals surface area contributed by atoms with Gasteiger partial charge in [0.15, 0.2) is 0 Å². The zero-order chi connectivity index (χ0) is 50.2. The van der Waals surface area contributed by atoms with E-state index in [1.807, 2.05) is 83.0 Å². The fourth-order valence-electron chi connectivity index (χ4n) is 9.56. The number of methoxy groups -OCH3 is 2. The van der Waals surface area contributed by atoms with Gasteiger partial charge in [-0.05, 0) is 87.3 Å². The van der Waals surface area contributed by atoms with Crippen molar-refractivity contribution in [3.8, 4) is 0 Å². The number of carboxylic acid groups (broad SMARTS) is 1. The first-order chi connectivity index (χ1) is 31.5. The van der Waals surface area contributed by atoms with Crippen LogP contribution in [0.25, 0.3) is 6.08 Å². The van der Waals surface area contributed by atoms with E-state index < -0.39 is 76.2 Å². The van der Waals surface area contributed by atoms with Crippen LogP contribution in [0.2, 0.25) is 0 Å². The number of ether oxygens (including phenoxy) is 2. The number of carbonyl (C=O) groups excluding carboxylic acids is 4. The molecule has 9 atom stereocenters. The van der Waals surface area contributed by atoms with Gasteiger partial charge in [-0.1, -0.05) is 110 Å². The minimum Gasteiger partial charge on any atom is -0.481 e. The summed E-state index contributed by atoms with van der Waals surface area (Å²) in [6.45, 7) is 14.3. The third kappa shape index (κ3) is 16.6. The Balaban J connectivity index is 1.82. The lowest BCUT2D eigenvalue weighted by Crippen LogP contribution is -2.60. The van der Waals surface area contributed by atoms with Crippen molar-refractivity contribution >= 4 is 45.8 Å². The van der Waals surface area contributed by atoms with E-state index in [1.165, 1.54) is 12.1 Å². The van der Waals surface area contributed by atoms with Gasteiger partial charge in [0.05, 0.1) is 53.6 Å². The monoisotopic (exact) mass is 956 g/mol. The maximum absolute atomic E-state index is 14.5. The van der Waals surface area contributed by atoms with Crippen LogP contribution in [0.5, 0.6) is 0 Å². The number of hydrogen-bond acceptors (Lipinski definition) is 11. The molecular weight excluding hydrogens is 879 g/mol. The van der Waals surface area contributed by atoms with E-state index in [2.05, 4.69) is 17.6 Å². The second kappa shape index (κ2) is 26.9. The molecule has 1 heterocycles. The van der Waals surface area contributed by atoms with Crippen molar-refractivity contribution in [2.24, 2.45) is 23.7 Å². The van der Waals surface area contributed by atoms with E-state index >= 15 is 0 Å². The highest BCUT2D eigenvalue weighted by atomic mass is 32.2. The number of amides is 4. The molecule has 4 N–H and O–H groups in total. The first-order valence-corrected chi connectivity index (χ1v) is 24.9. The first-order valence-electron chi connectivity index (χ1n) is 23.5. The number of likely N-dealkylation sites (N-methyl/N-ethyl adjacent to an activating group) is 2. The third-order valence-corrected chi connectivity index (χ3v) is 14.0. The molecule has 1 fully saturated rings. The van der Waals surface area contributed by atoms with Crippen LogP contribution in [0.15, 0.2) is 65.6 Å². The van der Waals surface area contributed by atoms with Crippen LogP contribution in [-0.4, -0.2) is 146 Å². The van der Waals surface area contributed by atoms with E-state index in [1.54, 1.807) is 56.2 Å². The molecule has 1 aliphatic rings. The minimum atomic E-state index is -4.35. The summed E-state index contributed by atoms with van der Waals surface area (Å²) in [4.78, 5) is 72.9. The van der Waals surface area contributed by atoms with Crippen LogP contribution in [0, 0.1) is 23.7 Å². The molecule has 17 heteroatoms. The van der Waals surface area contributed by atoms with Crippen molar-refractivity contribution in [2.45, 2.75) is 141 Å². The molecule has 0 saturated carbocycles. The highest BCUT2D eigenvalue weighted by Gasteiger charge is 2.44. The first kappa shape index (κ1) is 56.8. The van der Waals surface area contributed by atoms with E-state index in [4.69, 9.17) is 14.6 Å². The molecule has 1 saturated heterocycles. The highest BCUT2D eigenvalue weighted by molar-refractivity contribution is 7.85. The summed E-state index contributed by atoms with van der Waals surface area (Å²) in [6.07, 6.45) is 5.18. The van der Waals surface area contributed by atoms with Gasteiger partial charge >= 0.3 is 5.97 Å². The third-order valence-electron chi connectivity index (χ3n) is 13.1. The molecule has 0 aromatic heterocycles. The minimum absolute atomic E-state index is 0.000439. The molecule has 0 spiro atoms. The molecule has 4 amide bonds. The van der Waals surface area contributed by atoms with Gasteiger partial charge in [0.1, 0.15) is 0 Å². The van der Waals surface area contributed by atoms with Gasteiger partial charge in [-0.3, -0.25) is 43.6 Å². The number of aliphatic carboxylic acids is 1. The average Bonchev–Trinajstić information content (AvgIpc) is 3.75. The van der Waals surface area contributed by atoms with E-state index in [0.29, 0.717) is 44.3 Å². The van der Waals surface area contributed by atoms with Gasteiger partial charge in [-0.2, -0.15) is 8.42 Å². The largest absolute Gasteiger partial charge is 0.481 e. The van der Waals surface area contributed by atoms with Crippen LogP contribution in [0.4, 0.5) is 0 Å². The quantitative estimate of drug-likeness (QED) is 0.0810. The second-order valence-electron chi connectivity index (χ2n) is 18.7. The van der Waals surface area contributed by atoms with Gasteiger partial charge in [-0.15, -0.1) is 0 Å². The van der Waals surface area contributed by atoms with Crippen LogP contribution >= 0.6 is 0 Å². The Kier molecular flexibility index (Phi) is 22.8. The molecule has 1 aliphatic heterocycles. The predicted octanol–water partition coefficient (Wildman–Crippen LogP) is 5.56. The molecule has 0 bridgehead atoms. The van der Waals surface area contributed by atoms with Crippen molar-refractivity contribution in [1.29, 1.82) is 0 Å². The summed E-state index contributed by atoms with van der Waals surface area (Å²) < 4.78 is 44.7. The van der Waals surface area contributed by atoms with Crippen molar-refractivity contribution in [3.63, 3.8) is 0 Å². The Labute approximate surface area is 398 Å². The number of imide groups is 1. The number of carbonyl (C=O) groups is 5. The zero-order valence-electron chi connectivity index (χ0n) is 41.4. The normalized spacial score (nSPS) is 18.1. The SMILES string of the molecule is CC[C@H](C)[C@@H]([C@@H](CC(=O)N1CCC[C@H]1[C@H](OC)[C@@H](C)C(=O)N[C@H](C=Cc1ccc(S(=O)(=O)O)cc1)Cc1ccccc1)OC)N(C)[C@H](C(=O)NC(=O)[C@H](C(C)C)N(C)CCCC(=O)O)C(C)C. The molecule has 0 unspecified atom stereocenters. The number of carboxylic acids is 1. The molecule has 0 radical (unpaired) electrons. The number of nitrogens with zero attached hydrogens (tertiary/aromatic N) is 3. The maximum Gasteiger partial charge on any atom is 0.303 e. The maximum atomic E-state index is 14.5. The predicted molar refractivity (Wildman–Crippen MR) is 258 cm³/mol. The van der Waals surface area contributed by atoms with E-state index in [9.17, 15) is 36.9 Å². The number of hydrogen-bond donors (Lipinski definition) is 4. The van der Waals surface area contributed by atoms with Crippen LogP contribution in [0.1, 0.15) is 98.1 Å². The molecule has 67 heavy (non-hydrogen) atoms. The van der Waals surface area contributed by atoms with E-state index in [0.717, 1.165) is 12.0 Å². The lowest BCUT2D eigenvalue weighted by molar-refractivity contribution is -0.144. The van der Waals surface area contributed by atoms with Crippen LogP contribution in [0.3, 0.4) is 0 Å². The molecule has 0 aliphatic carbocycles. The summed E-state index contributed by atoms with van der Waals surface area (Å²) in [5.74, 6) is -3.37. The molecule has 2 aromatic rings. The Bertz CT molecular complexity index is 2050. The van der Waals surface area contributed by atoms with Gasteiger partial charge in [0.2, 0.25) is 23.6 Å². The zero-order valence-corrected chi connectivity index (χ0v) is 42.2. The summed E-state index contributed by atoms with van der Waals surface area (Å²) in [5, 5.41) is 15.0. The number of nitrogens with one attached hydrogen (secondary N) is 2. The van der Waals surface area contributed by atoms with Crippen molar-refractivity contribution in [1.82, 2.24) is 25.3 Å². The standard InChI is InChI=1S/C50H77N5O11S/c1-12-34(6)46(54(9)45(33(4)5)50(61)52-49(60)44(32(2)3)53(8)28-17-21-43(57)58)41(65-10)31-42(56)55-29-16-20-40(55)47(66-11)35(7)48(59)51-38(30-37-18-14-13-15-19-37)25-22-36-23-26-39(27-24-36)67(62,63)64/h13-15,18-19,22-27,32-35,38,40-41,44-47H,12,16-17,20-21,28-31H2,1-11H3,(H,51,59)(H,57,58)(H,52,60,61)(H,62,63,64)/t34-,35+,38+,40-,41+,44-,45-,46-,47+/m0/s1. The summed E-state index contributed by atoms with van der Waals surface area (Å²) in [5.41, 5.74) is 1.66. The molecule has 374 valence electrons. The van der Waals surface area contributed by atoms with Crippen molar-refractivity contribution in [2.75, 3.05) is 41.4 Å². The Morgan fingerprint density at radius 3 is 2.03 bits per heavy atom. The van der Waals surface area contributed by atoms with Gasteiger partial charge < -0.3 is 24.8 Å². The lowest BCUT2D eigenvalue weighted by Gasteiger charge is -2.43. The highest BCUT2D eigenvalue weighted by Crippen LogP contribution is 2.31. The lowest BCUT2D eigenvalue weighted by atomic mass is 9.87. The van der Waals surface area contributed by atoms with Gasteiger partial charge in [0, 0.05) is 33.2 Å². The Hall–Kier alpha value is -4.52. The Morgan fingerprint density at radius 1 is 0.881 bits per heavy atom. The molecule has 3 rings (SSSR count). The van der Waals surface area contributed by atoms with Crippen molar-refractivity contribution < 1.29 is 51.5 Å². The van der Waals surface area contributed by atoms with Gasteiger partial charge in [0.25, 0.3) is 10.1 Å². The molecule has 2 aromatic carbocycles. The number of rotatable bonds is 27. The van der Waals surface area contributed by atoms with Crippen LogP contribution < -0.4 is 10.6 Å². The molecular formula is C50H77N5O11S. The number of benzene rings is 2. The summed E-state index contributed by atoms with van der Waals surface area (Å²) >= 11 is 0.